The standard InChI is InChI=1S/C14H27NO2/c1-10(2)8-12(14(16)17)9-15-13-6-4-11(3)5-7-13/h10-13,15H,4-9H2,1-3H3,(H,16,17). The van der Waals surface area contributed by atoms with Gasteiger partial charge in [0.1, 0.15) is 0 Å². The second-order valence-electron chi connectivity index (χ2n) is 6.03. The SMILES string of the molecule is CC(C)CC(CNC1CCC(C)CC1)C(=O)O. The molecule has 0 heterocycles. The van der Waals surface area contributed by atoms with Crippen molar-refractivity contribution in [3.63, 3.8) is 0 Å². The molecule has 0 saturated heterocycles. The first kappa shape index (κ1) is 14.5. The Morgan fingerprint density at radius 2 is 1.88 bits per heavy atom. The second kappa shape index (κ2) is 7.00. The summed E-state index contributed by atoms with van der Waals surface area (Å²) in [5, 5.41) is 12.6. The van der Waals surface area contributed by atoms with Crippen LogP contribution in [0, 0.1) is 17.8 Å². The van der Waals surface area contributed by atoms with Gasteiger partial charge in [0.25, 0.3) is 0 Å². The van der Waals surface area contributed by atoms with Gasteiger partial charge in [0.2, 0.25) is 0 Å². The van der Waals surface area contributed by atoms with Crippen LogP contribution in [0.25, 0.3) is 0 Å². The molecule has 0 amide bonds. The lowest BCUT2D eigenvalue weighted by molar-refractivity contribution is -0.142. The molecule has 1 saturated carbocycles. The number of carboxylic acid groups (broad SMARTS) is 1. The van der Waals surface area contributed by atoms with Gasteiger partial charge in [0.05, 0.1) is 5.92 Å². The van der Waals surface area contributed by atoms with E-state index in [2.05, 4.69) is 26.1 Å². The number of hydrogen-bond donors (Lipinski definition) is 2. The van der Waals surface area contributed by atoms with E-state index in [1.807, 2.05) is 0 Å². The number of carbonyl (C=O) groups is 1. The van der Waals surface area contributed by atoms with Gasteiger partial charge in [-0.15, -0.1) is 0 Å². The van der Waals surface area contributed by atoms with E-state index in [-0.39, 0.29) is 5.92 Å². The summed E-state index contributed by atoms with van der Waals surface area (Å²) in [6, 6.07) is 0.542. The normalized spacial score (nSPS) is 27.1. The van der Waals surface area contributed by atoms with Crippen molar-refractivity contribution in [2.24, 2.45) is 17.8 Å². The van der Waals surface area contributed by atoms with Crippen LogP contribution >= 0.6 is 0 Å². The molecule has 0 bridgehead atoms. The van der Waals surface area contributed by atoms with Crippen molar-refractivity contribution in [1.29, 1.82) is 0 Å². The van der Waals surface area contributed by atoms with Crippen molar-refractivity contribution >= 4 is 5.97 Å². The third kappa shape index (κ3) is 5.53. The van der Waals surface area contributed by atoms with Gasteiger partial charge in [0.15, 0.2) is 0 Å². The molecule has 0 aromatic carbocycles. The summed E-state index contributed by atoms with van der Waals surface area (Å²) in [5.41, 5.74) is 0. The maximum Gasteiger partial charge on any atom is 0.307 e. The van der Waals surface area contributed by atoms with Crippen LogP contribution in [0.2, 0.25) is 0 Å². The third-order valence-corrected chi connectivity index (χ3v) is 3.77. The molecular weight excluding hydrogens is 214 g/mol. The van der Waals surface area contributed by atoms with Gasteiger partial charge >= 0.3 is 5.97 Å². The maximum absolute atomic E-state index is 11.1. The van der Waals surface area contributed by atoms with E-state index in [1.54, 1.807) is 0 Å². The first-order chi connectivity index (χ1) is 7.99. The highest BCUT2D eigenvalue weighted by Gasteiger charge is 2.22. The molecular formula is C14H27NO2. The number of rotatable bonds is 6. The average molecular weight is 241 g/mol. The molecule has 1 unspecified atom stereocenters. The van der Waals surface area contributed by atoms with Crippen LogP contribution in [0.15, 0.2) is 0 Å². The lowest BCUT2D eigenvalue weighted by Gasteiger charge is -2.28. The van der Waals surface area contributed by atoms with E-state index in [9.17, 15) is 4.79 Å². The first-order valence-corrected chi connectivity index (χ1v) is 6.95. The highest BCUT2D eigenvalue weighted by Crippen LogP contribution is 2.23. The van der Waals surface area contributed by atoms with Crippen LogP contribution in [0.5, 0.6) is 0 Å². The van der Waals surface area contributed by atoms with Crippen LogP contribution in [0.4, 0.5) is 0 Å². The van der Waals surface area contributed by atoms with Crippen molar-refractivity contribution in [3.05, 3.63) is 0 Å². The molecule has 1 atom stereocenters. The van der Waals surface area contributed by atoms with E-state index in [0.29, 0.717) is 18.5 Å². The number of hydrogen-bond acceptors (Lipinski definition) is 2. The lowest BCUT2D eigenvalue weighted by Crippen LogP contribution is -2.38. The Labute approximate surface area is 105 Å². The minimum Gasteiger partial charge on any atom is -0.481 e. The lowest BCUT2D eigenvalue weighted by atomic mass is 9.87. The Morgan fingerprint density at radius 3 is 2.35 bits per heavy atom. The Kier molecular flexibility index (Phi) is 5.96. The van der Waals surface area contributed by atoms with Crippen molar-refractivity contribution in [3.8, 4) is 0 Å². The van der Waals surface area contributed by atoms with Crippen LogP contribution < -0.4 is 5.32 Å². The summed E-state index contributed by atoms with van der Waals surface area (Å²) in [6.07, 6.45) is 5.73. The fourth-order valence-electron chi connectivity index (χ4n) is 2.61. The maximum atomic E-state index is 11.1. The van der Waals surface area contributed by atoms with Crippen LogP contribution in [-0.2, 0) is 4.79 Å². The molecule has 1 aliphatic rings. The Bertz CT molecular complexity index is 232. The molecule has 0 aromatic rings. The van der Waals surface area contributed by atoms with E-state index in [0.717, 1.165) is 12.3 Å². The van der Waals surface area contributed by atoms with Crippen molar-refractivity contribution < 1.29 is 9.90 Å². The van der Waals surface area contributed by atoms with E-state index < -0.39 is 5.97 Å². The zero-order valence-electron chi connectivity index (χ0n) is 11.4. The summed E-state index contributed by atoms with van der Waals surface area (Å²) >= 11 is 0. The number of nitrogens with one attached hydrogen (secondary N) is 1. The van der Waals surface area contributed by atoms with E-state index in [1.165, 1.54) is 25.7 Å². The van der Waals surface area contributed by atoms with Crippen molar-refractivity contribution in [2.45, 2.75) is 58.9 Å². The minimum absolute atomic E-state index is 0.227. The Hall–Kier alpha value is -0.570. The fraction of sp³-hybridized carbons (Fsp3) is 0.929. The molecule has 0 aromatic heterocycles. The topological polar surface area (TPSA) is 49.3 Å². The molecule has 1 rings (SSSR count). The fourth-order valence-corrected chi connectivity index (χ4v) is 2.61. The van der Waals surface area contributed by atoms with Gasteiger partial charge in [-0.05, 0) is 43.9 Å². The van der Waals surface area contributed by atoms with Crippen molar-refractivity contribution in [2.75, 3.05) is 6.54 Å². The molecule has 0 radical (unpaired) electrons. The number of carboxylic acids is 1. The zero-order valence-corrected chi connectivity index (χ0v) is 11.4. The van der Waals surface area contributed by atoms with E-state index in [4.69, 9.17) is 5.11 Å². The molecule has 0 aliphatic heterocycles. The predicted molar refractivity (Wildman–Crippen MR) is 70.0 cm³/mol. The van der Waals surface area contributed by atoms with Gasteiger partial charge in [-0.25, -0.2) is 0 Å². The van der Waals surface area contributed by atoms with Crippen LogP contribution in [0.1, 0.15) is 52.9 Å². The summed E-state index contributed by atoms with van der Waals surface area (Å²) in [6.45, 7) is 7.10. The molecule has 17 heavy (non-hydrogen) atoms. The molecule has 0 spiro atoms. The zero-order chi connectivity index (χ0) is 12.8. The van der Waals surface area contributed by atoms with Gasteiger partial charge in [0, 0.05) is 12.6 Å². The third-order valence-electron chi connectivity index (χ3n) is 3.77. The molecule has 1 fully saturated rings. The summed E-state index contributed by atoms with van der Waals surface area (Å²) in [4.78, 5) is 11.1. The van der Waals surface area contributed by atoms with E-state index >= 15 is 0 Å². The van der Waals surface area contributed by atoms with Crippen molar-refractivity contribution in [1.82, 2.24) is 5.32 Å². The summed E-state index contributed by atoms with van der Waals surface area (Å²) in [5.74, 6) is 0.410. The molecule has 3 nitrogen and oxygen atoms in total. The number of aliphatic carboxylic acids is 1. The van der Waals surface area contributed by atoms with Crippen LogP contribution in [0.3, 0.4) is 0 Å². The van der Waals surface area contributed by atoms with Gasteiger partial charge in [-0.2, -0.15) is 0 Å². The quantitative estimate of drug-likeness (QED) is 0.751. The highest BCUT2D eigenvalue weighted by molar-refractivity contribution is 5.70. The molecule has 100 valence electrons. The summed E-state index contributed by atoms with van der Waals surface area (Å²) in [7, 11) is 0. The second-order valence-corrected chi connectivity index (χ2v) is 6.03. The Morgan fingerprint density at radius 1 is 1.29 bits per heavy atom. The first-order valence-electron chi connectivity index (χ1n) is 6.95. The monoisotopic (exact) mass is 241 g/mol. The van der Waals surface area contributed by atoms with Crippen LogP contribution in [-0.4, -0.2) is 23.7 Å². The van der Waals surface area contributed by atoms with Gasteiger partial charge in [-0.1, -0.05) is 20.8 Å². The van der Waals surface area contributed by atoms with Gasteiger partial charge in [-0.3, -0.25) is 4.79 Å². The largest absolute Gasteiger partial charge is 0.481 e. The predicted octanol–water partition coefficient (Wildman–Crippen LogP) is 2.90. The smallest absolute Gasteiger partial charge is 0.307 e. The molecule has 1 aliphatic carbocycles. The summed E-state index contributed by atoms with van der Waals surface area (Å²) < 4.78 is 0. The molecule has 3 heteroatoms. The Balaban J connectivity index is 2.29. The average Bonchev–Trinajstić information content (AvgIpc) is 2.25. The van der Waals surface area contributed by atoms with Gasteiger partial charge < -0.3 is 10.4 Å². The highest BCUT2D eigenvalue weighted by atomic mass is 16.4. The molecule has 2 N–H and O–H groups in total. The minimum atomic E-state index is -0.657.